The van der Waals surface area contributed by atoms with E-state index in [0.717, 1.165) is 11.3 Å². The van der Waals surface area contributed by atoms with Crippen molar-refractivity contribution in [2.24, 2.45) is 0 Å². The van der Waals surface area contributed by atoms with Gasteiger partial charge in [-0.1, -0.05) is 0 Å². The van der Waals surface area contributed by atoms with E-state index in [-0.39, 0.29) is 5.91 Å². The third-order valence-electron chi connectivity index (χ3n) is 2.75. The summed E-state index contributed by atoms with van der Waals surface area (Å²) in [5, 5.41) is 6.86. The Hall–Kier alpha value is -1.36. The molecule has 15 heavy (non-hydrogen) atoms. The number of carbonyl (C=O) groups excluding carboxylic acids is 1. The Balaban J connectivity index is 2.16. The first-order valence-corrected chi connectivity index (χ1v) is 5.08. The summed E-state index contributed by atoms with van der Waals surface area (Å²) in [6, 6.07) is 0. The number of aromatic amines is 1. The van der Waals surface area contributed by atoms with Crippen LogP contribution in [0, 0.1) is 13.8 Å². The van der Waals surface area contributed by atoms with E-state index in [1.807, 2.05) is 13.8 Å². The number of hydrogen-bond acceptors (Lipinski definition) is 3. The van der Waals surface area contributed by atoms with Gasteiger partial charge in [0.1, 0.15) is 0 Å². The third kappa shape index (κ3) is 1.87. The van der Waals surface area contributed by atoms with Gasteiger partial charge >= 0.3 is 0 Å². The van der Waals surface area contributed by atoms with E-state index >= 15 is 0 Å². The Morgan fingerprint density at radius 1 is 1.40 bits per heavy atom. The molecule has 0 saturated carbocycles. The SMILES string of the molecule is Cc1[nH]nc(C(=O)N2CCOCC2)c1C. The average Bonchev–Trinajstić information content (AvgIpc) is 2.60. The van der Waals surface area contributed by atoms with Crippen molar-refractivity contribution in [3.05, 3.63) is 17.0 Å². The maximum Gasteiger partial charge on any atom is 0.274 e. The fraction of sp³-hybridized carbons (Fsp3) is 0.600. The summed E-state index contributed by atoms with van der Waals surface area (Å²) in [6.45, 7) is 6.38. The minimum absolute atomic E-state index is 0.000139. The number of nitrogens with one attached hydrogen (secondary N) is 1. The molecular formula is C10H15N3O2. The molecule has 0 spiro atoms. The molecule has 5 heteroatoms. The van der Waals surface area contributed by atoms with Gasteiger partial charge in [-0.25, -0.2) is 0 Å². The Bertz CT molecular complexity index is 367. The highest BCUT2D eigenvalue weighted by Crippen LogP contribution is 2.12. The second-order valence-electron chi connectivity index (χ2n) is 3.73. The minimum atomic E-state index is 0.000139. The Morgan fingerprint density at radius 3 is 2.60 bits per heavy atom. The van der Waals surface area contributed by atoms with Gasteiger partial charge in [0.25, 0.3) is 5.91 Å². The van der Waals surface area contributed by atoms with Crippen molar-refractivity contribution in [2.75, 3.05) is 26.3 Å². The highest BCUT2D eigenvalue weighted by Gasteiger charge is 2.22. The van der Waals surface area contributed by atoms with Crippen LogP contribution in [0.25, 0.3) is 0 Å². The lowest BCUT2D eigenvalue weighted by molar-refractivity contribution is 0.0298. The molecule has 1 aromatic heterocycles. The predicted molar refractivity (Wildman–Crippen MR) is 54.8 cm³/mol. The van der Waals surface area contributed by atoms with E-state index in [1.165, 1.54) is 0 Å². The number of nitrogens with zero attached hydrogens (tertiary/aromatic N) is 2. The number of amides is 1. The molecule has 0 radical (unpaired) electrons. The van der Waals surface area contributed by atoms with Crippen LogP contribution in [-0.4, -0.2) is 47.3 Å². The monoisotopic (exact) mass is 209 g/mol. The molecule has 5 nitrogen and oxygen atoms in total. The molecule has 1 saturated heterocycles. The van der Waals surface area contributed by atoms with Gasteiger partial charge in [0.2, 0.25) is 0 Å². The van der Waals surface area contributed by atoms with Crippen molar-refractivity contribution in [1.82, 2.24) is 15.1 Å². The first-order valence-electron chi connectivity index (χ1n) is 5.08. The summed E-state index contributed by atoms with van der Waals surface area (Å²) in [4.78, 5) is 13.8. The van der Waals surface area contributed by atoms with Crippen molar-refractivity contribution in [1.29, 1.82) is 0 Å². The maximum atomic E-state index is 12.0. The van der Waals surface area contributed by atoms with Crippen LogP contribution < -0.4 is 0 Å². The van der Waals surface area contributed by atoms with Crippen LogP contribution in [0.5, 0.6) is 0 Å². The zero-order chi connectivity index (χ0) is 10.8. The highest BCUT2D eigenvalue weighted by molar-refractivity contribution is 5.93. The molecule has 1 N–H and O–H groups in total. The zero-order valence-electron chi connectivity index (χ0n) is 9.04. The minimum Gasteiger partial charge on any atom is -0.378 e. The topological polar surface area (TPSA) is 58.2 Å². The highest BCUT2D eigenvalue weighted by atomic mass is 16.5. The number of carbonyl (C=O) groups is 1. The van der Waals surface area contributed by atoms with Crippen LogP contribution in [0.2, 0.25) is 0 Å². The van der Waals surface area contributed by atoms with Crippen LogP contribution in [0.4, 0.5) is 0 Å². The van der Waals surface area contributed by atoms with E-state index in [4.69, 9.17) is 4.74 Å². The molecule has 1 amide bonds. The quantitative estimate of drug-likeness (QED) is 0.732. The van der Waals surface area contributed by atoms with Crippen molar-refractivity contribution in [3.63, 3.8) is 0 Å². The third-order valence-corrected chi connectivity index (χ3v) is 2.75. The van der Waals surface area contributed by atoms with Gasteiger partial charge < -0.3 is 9.64 Å². The molecule has 0 unspecified atom stereocenters. The number of hydrogen-bond donors (Lipinski definition) is 1. The Labute approximate surface area is 88.4 Å². The van der Waals surface area contributed by atoms with Crippen molar-refractivity contribution in [2.45, 2.75) is 13.8 Å². The molecule has 1 aliphatic rings. The summed E-state index contributed by atoms with van der Waals surface area (Å²) < 4.78 is 5.20. The number of aromatic nitrogens is 2. The molecular weight excluding hydrogens is 194 g/mol. The van der Waals surface area contributed by atoms with E-state index < -0.39 is 0 Å². The van der Waals surface area contributed by atoms with Crippen LogP contribution >= 0.6 is 0 Å². The summed E-state index contributed by atoms with van der Waals surface area (Å²) in [5.74, 6) is 0.000139. The number of ether oxygens (including phenoxy) is 1. The van der Waals surface area contributed by atoms with Crippen LogP contribution in [0.3, 0.4) is 0 Å². The van der Waals surface area contributed by atoms with Crippen molar-refractivity contribution >= 4 is 5.91 Å². The van der Waals surface area contributed by atoms with E-state index in [0.29, 0.717) is 32.0 Å². The fourth-order valence-corrected chi connectivity index (χ4v) is 1.61. The van der Waals surface area contributed by atoms with E-state index in [2.05, 4.69) is 10.2 Å². The number of morpholine rings is 1. The van der Waals surface area contributed by atoms with Gasteiger partial charge in [-0.15, -0.1) is 0 Å². The maximum absolute atomic E-state index is 12.0. The molecule has 2 heterocycles. The summed E-state index contributed by atoms with van der Waals surface area (Å²) in [7, 11) is 0. The second kappa shape index (κ2) is 4.02. The molecule has 0 atom stereocenters. The van der Waals surface area contributed by atoms with Gasteiger partial charge in [0.05, 0.1) is 13.2 Å². The normalized spacial score (nSPS) is 16.8. The lowest BCUT2D eigenvalue weighted by Crippen LogP contribution is -2.41. The molecule has 1 aliphatic heterocycles. The lowest BCUT2D eigenvalue weighted by atomic mass is 10.2. The van der Waals surface area contributed by atoms with Gasteiger partial charge in [-0.3, -0.25) is 9.89 Å². The summed E-state index contributed by atoms with van der Waals surface area (Å²) in [5.41, 5.74) is 2.42. The molecule has 1 aromatic rings. The van der Waals surface area contributed by atoms with E-state index in [9.17, 15) is 4.79 Å². The Morgan fingerprint density at radius 2 is 2.07 bits per heavy atom. The summed E-state index contributed by atoms with van der Waals surface area (Å²) in [6.07, 6.45) is 0. The van der Waals surface area contributed by atoms with Crippen LogP contribution in [0.15, 0.2) is 0 Å². The molecule has 1 fully saturated rings. The Kier molecular flexibility index (Phi) is 2.73. The number of H-pyrrole nitrogens is 1. The van der Waals surface area contributed by atoms with Crippen molar-refractivity contribution in [3.8, 4) is 0 Å². The average molecular weight is 209 g/mol. The first-order chi connectivity index (χ1) is 7.20. The summed E-state index contributed by atoms with van der Waals surface area (Å²) >= 11 is 0. The fourth-order valence-electron chi connectivity index (χ4n) is 1.61. The van der Waals surface area contributed by atoms with Gasteiger partial charge in [-0.2, -0.15) is 5.10 Å². The lowest BCUT2D eigenvalue weighted by Gasteiger charge is -2.26. The number of rotatable bonds is 1. The van der Waals surface area contributed by atoms with E-state index in [1.54, 1.807) is 4.90 Å². The molecule has 82 valence electrons. The van der Waals surface area contributed by atoms with Gasteiger partial charge in [-0.05, 0) is 13.8 Å². The molecule has 0 aromatic carbocycles. The largest absolute Gasteiger partial charge is 0.378 e. The van der Waals surface area contributed by atoms with Crippen molar-refractivity contribution < 1.29 is 9.53 Å². The van der Waals surface area contributed by atoms with Crippen LogP contribution in [0.1, 0.15) is 21.7 Å². The second-order valence-corrected chi connectivity index (χ2v) is 3.73. The molecule has 0 aliphatic carbocycles. The van der Waals surface area contributed by atoms with Gasteiger partial charge in [0, 0.05) is 24.3 Å². The predicted octanol–water partition coefficient (Wildman–Crippen LogP) is 0.499. The standard InChI is InChI=1S/C10H15N3O2/c1-7-8(2)11-12-9(7)10(14)13-3-5-15-6-4-13/h3-6H2,1-2H3,(H,11,12). The molecule has 2 rings (SSSR count). The zero-order valence-corrected chi connectivity index (χ0v) is 9.04. The van der Waals surface area contributed by atoms with Crippen LogP contribution in [-0.2, 0) is 4.74 Å². The smallest absolute Gasteiger partial charge is 0.274 e. The first kappa shape index (κ1) is 10.2. The van der Waals surface area contributed by atoms with Gasteiger partial charge in [0.15, 0.2) is 5.69 Å². The molecule has 0 bridgehead atoms. The number of aryl methyl sites for hydroxylation is 1.